The zero-order valence-electron chi connectivity index (χ0n) is 10.7. The second-order valence-corrected chi connectivity index (χ2v) is 5.17. The minimum atomic E-state index is 0.184. The maximum absolute atomic E-state index is 11.8. The van der Waals surface area contributed by atoms with Crippen molar-refractivity contribution < 1.29 is 4.79 Å². The Morgan fingerprint density at radius 2 is 2.12 bits per heavy atom. The summed E-state index contributed by atoms with van der Waals surface area (Å²) < 4.78 is 0. The minimum absolute atomic E-state index is 0.184. The van der Waals surface area contributed by atoms with Crippen molar-refractivity contribution in [2.24, 2.45) is 17.6 Å². The molecule has 3 heteroatoms. The molecule has 3 unspecified atom stereocenters. The second kappa shape index (κ2) is 6.89. The maximum Gasteiger partial charge on any atom is 0.220 e. The summed E-state index contributed by atoms with van der Waals surface area (Å²) in [6.07, 6.45) is 6.76. The Morgan fingerprint density at radius 3 is 2.75 bits per heavy atom. The molecular weight excluding hydrogens is 200 g/mol. The molecule has 1 fully saturated rings. The number of rotatable bonds is 5. The SMILES string of the molecule is CCC1CCCCC1NC(=O)CC(C)CN. The summed E-state index contributed by atoms with van der Waals surface area (Å²) in [5.74, 6) is 1.16. The van der Waals surface area contributed by atoms with E-state index in [1.165, 1.54) is 25.7 Å². The Balaban J connectivity index is 2.36. The number of hydrogen-bond acceptors (Lipinski definition) is 2. The van der Waals surface area contributed by atoms with Crippen molar-refractivity contribution in [2.75, 3.05) is 6.54 Å². The lowest BCUT2D eigenvalue weighted by atomic mass is 9.83. The molecule has 0 aromatic rings. The van der Waals surface area contributed by atoms with Gasteiger partial charge in [-0.3, -0.25) is 4.79 Å². The standard InChI is InChI=1S/C13H26N2O/c1-3-11-6-4-5-7-12(11)15-13(16)8-10(2)9-14/h10-12H,3-9,14H2,1-2H3,(H,15,16). The van der Waals surface area contributed by atoms with E-state index in [4.69, 9.17) is 5.73 Å². The predicted octanol–water partition coefficient (Wildman–Crippen LogP) is 2.06. The van der Waals surface area contributed by atoms with E-state index in [1.807, 2.05) is 6.92 Å². The van der Waals surface area contributed by atoms with Crippen molar-refractivity contribution in [3.63, 3.8) is 0 Å². The monoisotopic (exact) mass is 226 g/mol. The van der Waals surface area contributed by atoms with E-state index < -0.39 is 0 Å². The smallest absolute Gasteiger partial charge is 0.220 e. The lowest BCUT2D eigenvalue weighted by Gasteiger charge is -2.31. The van der Waals surface area contributed by atoms with Gasteiger partial charge in [0.1, 0.15) is 0 Å². The van der Waals surface area contributed by atoms with Crippen molar-refractivity contribution in [3.05, 3.63) is 0 Å². The van der Waals surface area contributed by atoms with Crippen LogP contribution in [0.4, 0.5) is 0 Å². The summed E-state index contributed by atoms with van der Waals surface area (Å²) in [5.41, 5.74) is 5.53. The molecule has 0 heterocycles. The first-order valence-corrected chi connectivity index (χ1v) is 6.66. The highest BCUT2D eigenvalue weighted by Gasteiger charge is 2.25. The predicted molar refractivity (Wildman–Crippen MR) is 67.0 cm³/mol. The summed E-state index contributed by atoms with van der Waals surface area (Å²) >= 11 is 0. The molecule has 0 bridgehead atoms. The molecule has 3 nitrogen and oxygen atoms in total. The summed E-state index contributed by atoms with van der Waals surface area (Å²) in [6.45, 7) is 4.84. The van der Waals surface area contributed by atoms with Gasteiger partial charge in [-0.15, -0.1) is 0 Å². The number of nitrogens with one attached hydrogen (secondary N) is 1. The van der Waals surface area contributed by atoms with Gasteiger partial charge in [0.05, 0.1) is 0 Å². The Hall–Kier alpha value is -0.570. The topological polar surface area (TPSA) is 55.1 Å². The fourth-order valence-electron chi connectivity index (χ4n) is 2.55. The molecule has 3 atom stereocenters. The largest absolute Gasteiger partial charge is 0.353 e. The van der Waals surface area contributed by atoms with Crippen molar-refractivity contribution >= 4 is 5.91 Å². The van der Waals surface area contributed by atoms with E-state index >= 15 is 0 Å². The van der Waals surface area contributed by atoms with Crippen LogP contribution in [0.25, 0.3) is 0 Å². The van der Waals surface area contributed by atoms with Crippen LogP contribution in [0.1, 0.15) is 52.4 Å². The molecule has 1 saturated carbocycles. The molecule has 0 aromatic heterocycles. The van der Waals surface area contributed by atoms with E-state index in [2.05, 4.69) is 12.2 Å². The van der Waals surface area contributed by atoms with Crippen LogP contribution < -0.4 is 11.1 Å². The lowest BCUT2D eigenvalue weighted by Crippen LogP contribution is -2.42. The first kappa shape index (κ1) is 13.5. The van der Waals surface area contributed by atoms with Gasteiger partial charge in [0.15, 0.2) is 0 Å². The quantitative estimate of drug-likeness (QED) is 0.754. The van der Waals surface area contributed by atoms with E-state index in [9.17, 15) is 4.79 Å². The first-order chi connectivity index (χ1) is 7.67. The van der Waals surface area contributed by atoms with Crippen molar-refractivity contribution in [2.45, 2.75) is 58.4 Å². The maximum atomic E-state index is 11.8. The van der Waals surface area contributed by atoms with Gasteiger partial charge in [0.25, 0.3) is 0 Å². The normalized spacial score (nSPS) is 27.4. The summed E-state index contributed by atoms with van der Waals surface area (Å²) in [6, 6.07) is 0.413. The second-order valence-electron chi connectivity index (χ2n) is 5.17. The lowest BCUT2D eigenvalue weighted by molar-refractivity contribution is -0.123. The van der Waals surface area contributed by atoms with Gasteiger partial charge in [-0.1, -0.05) is 33.1 Å². The average Bonchev–Trinajstić information content (AvgIpc) is 2.29. The molecule has 0 saturated heterocycles. The third kappa shape index (κ3) is 4.12. The molecule has 1 aliphatic carbocycles. The van der Waals surface area contributed by atoms with Crippen LogP contribution in [0, 0.1) is 11.8 Å². The van der Waals surface area contributed by atoms with Crippen LogP contribution in [0.5, 0.6) is 0 Å². The van der Waals surface area contributed by atoms with Gasteiger partial charge >= 0.3 is 0 Å². The molecule has 16 heavy (non-hydrogen) atoms. The van der Waals surface area contributed by atoms with Crippen LogP contribution in [0.3, 0.4) is 0 Å². The number of nitrogens with two attached hydrogens (primary N) is 1. The molecule has 0 aromatic carbocycles. The summed E-state index contributed by atoms with van der Waals surface area (Å²) in [7, 11) is 0. The van der Waals surface area contributed by atoms with E-state index in [0.29, 0.717) is 30.8 Å². The molecule has 94 valence electrons. The average molecular weight is 226 g/mol. The fourth-order valence-corrected chi connectivity index (χ4v) is 2.55. The van der Waals surface area contributed by atoms with Crippen molar-refractivity contribution in [3.8, 4) is 0 Å². The highest BCUT2D eigenvalue weighted by Crippen LogP contribution is 2.26. The van der Waals surface area contributed by atoms with Crippen LogP contribution in [0.15, 0.2) is 0 Å². The fraction of sp³-hybridized carbons (Fsp3) is 0.923. The zero-order valence-corrected chi connectivity index (χ0v) is 10.7. The highest BCUT2D eigenvalue weighted by atomic mass is 16.1. The Labute approximate surface area is 99.2 Å². The molecular formula is C13H26N2O. The molecule has 0 aliphatic heterocycles. The van der Waals surface area contributed by atoms with Gasteiger partial charge in [-0.05, 0) is 31.2 Å². The number of carbonyl (C=O) groups excluding carboxylic acids is 1. The molecule has 0 spiro atoms. The van der Waals surface area contributed by atoms with Crippen molar-refractivity contribution in [1.29, 1.82) is 0 Å². The minimum Gasteiger partial charge on any atom is -0.353 e. The van der Waals surface area contributed by atoms with E-state index in [-0.39, 0.29) is 5.91 Å². The summed E-state index contributed by atoms with van der Waals surface area (Å²) in [5, 5.41) is 3.19. The molecule has 0 radical (unpaired) electrons. The van der Waals surface area contributed by atoms with Gasteiger partial charge in [0, 0.05) is 12.5 Å². The Morgan fingerprint density at radius 1 is 1.44 bits per heavy atom. The third-order valence-corrected chi connectivity index (χ3v) is 3.72. The highest BCUT2D eigenvalue weighted by molar-refractivity contribution is 5.76. The van der Waals surface area contributed by atoms with Gasteiger partial charge in [-0.25, -0.2) is 0 Å². The third-order valence-electron chi connectivity index (χ3n) is 3.72. The van der Waals surface area contributed by atoms with Crippen LogP contribution in [0.2, 0.25) is 0 Å². The summed E-state index contributed by atoms with van der Waals surface area (Å²) in [4.78, 5) is 11.8. The number of carbonyl (C=O) groups is 1. The molecule has 1 amide bonds. The number of hydrogen-bond donors (Lipinski definition) is 2. The van der Waals surface area contributed by atoms with Gasteiger partial charge < -0.3 is 11.1 Å². The zero-order chi connectivity index (χ0) is 12.0. The van der Waals surface area contributed by atoms with Crippen LogP contribution in [-0.4, -0.2) is 18.5 Å². The molecule has 1 aliphatic rings. The van der Waals surface area contributed by atoms with Gasteiger partial charge in [-0.2, -0.15) is 0 Å². The molecule has 1 rings (SSSR count). The first-order valence-electron chi connectivity index (χ1n) is 6.66. The molecule has 3 N–H and O–H groups in total. The van der Waals surface area contributed by atoms with Gasteiger partial charge in [0.2, 0.25) is 5.91 Å². The number of amides is 1. The van der Waals surface area contributed by atoms with Crippen molar-refractivity contribution in [1.82, 2.24) is 5.32 Å². The Kier molecular flexibility index (Phi) is 5.81. The van der Waals surface area contributed by atoms with E-state index in [0.717, 1.165) is 6.42 Å². The van der Waals surface area contributed by atoms with Crippen LogP contribution in [-0.2, 0) is 4.79 Å². The Bertz CT molecular complexity index is 218. The van der Waals surface area contributed by atoms with Crippen LogP contribution >= 0.6 is 0 Å². The van der Waals surface area contributed by atoms with E-state index in [1.54, 1.807) is 0 Å².